The first-order chi connectivity index (χ1) is 8.16. The quantitative estimate of drug-likeness (QED) is 0.897. The molecule has 17 heavy (non-hydrogen) atoms. The molecule has 1 aromatic heterocycles. The zero-order valence-corrected chi connectivity index (χ0v) is 12.4. The molecule has 2 rings (SSSR count). The molecule has 1 heterocycles. The highest BCUT2D eigenvalue weighted by Crippen LogP contribution is 2.22. The van der Waals surface area contributed by atoms with Crippen molar-refractivity contribution in [2.24, 2.45) is 0 Å². The molecule has 0 aliphatic carbocycles. The van der Waals surface area contributed by atoms with Crippen LogP contribution >= 0.6 is 38.9 Å². The average Bonchev–Trinajstić information content (AvgIpc) is 2.83. The number of aromatic nitrogens is 1. The van der Waals surface area contributed by atoms with Gasteiger partial charge in [0.2, 0.25) is 0 Å². The van der Waals surface area contributed by atoms with Crippen LogP contribution in [0.5, 0.6) is 0 Å². The van der Waals surface area contributed by atoms with Gasteiger partial charge < -0.3 is 5.32 Å². The molecule has 0 amide bonds. The lowest BCUT2D eigenvalue weighted by molar-refractivity contribution is 0.572. The molecule has 0 fully saturated rings. The third kappa shape index (κ3) is 3.52. The van der Waals surface area contributed by atoms with Gasteiger partial charge in [0.05, 0.1) is 6.04 Å². The second-order valence-corrected chi connectivity index (χ2v) is 5.96. The highest BCUT2D eigenvalue weighted by Gasteiger charge is 2.08. The number of nitrogens with one attached hydrogen (secondary N) is 1. The molecule has 0 spiro atoms. The molecule has 0 aliphatic heterocycles. The van der Waals surface area contributed by atoms with Crippen molar-refractivity contribution in [3.63, 3.8) is 0 Å². The van der Waals surface area contributed by atoms with E-state index in [1.54, 1.807) is 11.3 Å². The van der Waals surface area contributed by atoms with Gasteiger partial charge in [-0.2, -0.15) is 0 Å². The summed E-state index contributed by atoms with van der Waals surface area (Å²) in [6.45, 7) is 2.84. The van der Waals surface area contributed by atoms with Crippen LogP contribution in [0.3, 0.4) is 0 Å². The minimum Gasteiger partial charge on any atom is -0.304 e. The molecule has 1 atom stereocenters. The molecule has 0 bridgehead atoms. The summed E-state index contributed by atoms with van der Waals surface area (Å²) < 4.78 is 1.04. The van der Waals surface area contributed by atoms with E-state index >= 15 is 0 Å². The highest BCUT2D eigenvalue weighted by atomic mass is 79.9. The maximum atomic E-state index is 6.13. The Morgan fingerprint density at radius 2 is 2.35 bits per heavy atom. The zero-order chi connectivity index (χ0) is 12.3. The minimum absolute atomic E-state index is 0.241. The SMILES string of the molecule is CC(NCc1cc(Br)ccc1Cl)c1nccs1. The standard InChI is InChI=1S/C12H12BrClN2S/c1-8(12-15-4-5-17-12)16-7-9-6-10(13)2-3-11(9)14/h2-6,8,16H,7H2,1H3. The Morgan fingerprint density at radius 1 is 1.53 bits per heavy atom. The fourth-order valence-electron chi connectivity index (χ4n) is 1.48. The van der Waals surface area contributed by atoms with Crippen LogP contribution in [0, 0.1) is 0 Å². The Hall–Kier alpha value is -0.420. The van der Waals surface area contributed by atoms with E-state index in [-0.39, 0.29) is 6.04 Å². The molecule has 1 aromatic carbocycles. The van der Waals surface area contributed by atoms with Gasteiger partial charge in [0.15, 0.2) is 0 Å². The molecular formula is C12H12BrClN2S. The Bertz CT molecular complexity index is 487. The number of rotatable bonds is 4. The van der Waals surface area contributed by atoms with Crippen LogP contribution in [0.2, 0.25) is 5.02 Å². The van der Waals surface area contributed by atoms with E-state index in [1.165, 1.54) is 0 Å². The third-order valence-electron chi connectivity index (χ3n) is 2.43. The van der Waals surface area contributed by atoms with Crippen LogP contribution in [0.25, 0.3) is 0 Å². The van der Waals surface area contributed by atoms with E-state index in [2.05, 4.69) is 33.2 Å². The number of hydrogen-bond donors (Lipinski definition) is 1. The topological polar surface area (TPSA) is 24.9 Å². The number of hydrogen-bond acceptors (Lipinski definition) is 3. The third-order valence-corrected chi connectivity index (χ3v) is 4.25. The van der Waals surface area contributed by atoms with Crippen molar-refractivity contribution in [2.75, 3.05) is 0 Å². The Morgan fingerprint density at radius 3 is 3.06 bits per heavy atom. The summed E-state index contributed by atoms with van der Waals surface area (Å²) in [4.78, 5) is 4.28. The van der Waals surface area contributed by atoms with Gasteiger partial charge in [0.25, 0.3) is 0 Å². The minimum atomic E-state index is 0.241. The van der Waals surface area contributed by atoms with Gasteiger partial charge in [-0.05, 0) is 30.7 Å². The predicted octanol–water partition coefficient (Wildman–Crippen LogP) is 4.41. The van der Waals surface area contributed by atoms with Crippen LogP contribution in [0.15, 0.2) is 34.2 Å². The summed E-state index contributed by atoms with van der Waals surface area (Å²) in [5.41, 5.74) is 1.09. The van der Waals surface area contributed by atoms with Gasteiger partial charge in [0.1, 0.15) is 5.01 Å². The Kier molecular flexibility index (Phi) is 4.56. The van der Waals surface area contributed by atoms with E-state index in [0.717, 1.165) is 26.6 Å². The van der Waals surface area contributed by atoms with Crippen molar-refractivity contribution in [2.45, 2.75) is 19.5 Å². The molecule has 0 aliphatic rings. The summed E-state index contributed by atoms with van der Waals surface area (Å²) in [7, 11) is 0. The number of nitrogens with zero attached hydrogens (tertiary/aromatic N) is 1. The van der Waals surface area contributed by atoms with Gasteiger partial charge >= 0.3 is 0 Å². The smallest absolute Gasteiger partial charge is 0.109 e. The van der Waals surface area contributed by atoms with E-state index in [9.17, 15) is 0 Å². The van der Waals surface area contributed by atoms with Crippen molar-refractivity contribution >= 4 is 38.9 Å². The summed E-state index contributed by atoms with van der Waals surface area (Å²) >= 11 is 11.2. The van der Waals surface area contributed by atoms with Crippen molar-refractivity contribution < 1.29 is 0 Å². The summed E-state index contributed by atoms with van der Waals surface area (Å²) in [5, 5.41) is 7.28. The number of benzene rings is 1. The summed E-state index contributed by atoms with van der Waals surface area (Å²) in [5.74, 6) is 0. The monoisotopic (exact) mass is 330 g/mol. The first-order valence-corrected chi connectivity index (χ1v) is 7.28. The lowest BCUT2D eigenvalue weighted by atomic mass is 10.2. The molecule has 0 saturated carbocycles. The molecule has 0 saturated heterocycles. The number of halogens is 2. The van der Waals surface area contributed by atoms with Crippen LogP contribution in [-0.2, 0) is 6.54 Å². The van der Waals surface area contributed by atoms with Crippen molar-refractivity contribution in [1.29, 1.82) is 0 Å². The first-order valence-electron chi connectivity index (χ1n) is 5.23. The molecular weight excluding hydrogens is 320 g/mol. The predicted molar refractivity (Wildman–Crippen MR) is 76.5 cm³/mol. The van der Waals surface area contributed by atoms with Gasteiger partial charge in [-0.1, -0.05) is 27.5 Å². The Balaban J connectivity index is 2.00. The normalized spacial score (nSPS) is 12.6. The van der Waals surface area contributed by atoms with E-state index in [0.29, 0.717) is 0 Å². The van der Waals surface area contributed by atoms with E-state index < -0.39 is 0 Å². The average molecular weight is 332 g/mol. The lowest BCUT2D eigenvalue weighted by Crippen LogP contribution is -2.18. The van der Waals surface area contributed by atoms with Crippen LogP contribution < -0.4 is 5.32 Å². The fourth-order valence-corrected chi connectivity index (χ4v) is 2.74. The fraction of sp³-hybridized carbons (Fsp3) is 0.250. The molecule has 2 aromatic rings. The zero-order valence-electron chi connectivity index (χ0n) is 9.28. The van der Waals surface area contributed by atoms with Crippen LogP contribution in [0.1, 0.15) is 23.5 Å². The Labute approximate surface area is 118 Å². The molecule has 1 unspecified atom stereocenters. The van der Waals surface area contributed by atoms with Crippen molar-refractivity contribution in [3.8, 4) is 0 Å². The van der Waals surface area contributed by atoms with Crippen molar-refractivity contribution in [3.05, 3.63) is 49.8 Å². The van der Waals surface area contributed by atoms with Gasteiger partial charge in [0, 0.05) is 27.6 Å². The van der Waals surface area contributed by atoms with Crippen LogP contribution in [-0.4, -0.2) is 4.98 Å². The summed E-state index contributed by atoms with van der Waals surface area (Å²) in [6.07, 6.45) is 1.82. The van der Waals surface area contributed by atoms with E-state index in [4.69, 9.17) is 11.6 Å². The number of thiazole rings is 1. The molecule has 0 radical (unpaired) electrons. The maximum Gasteiger partial charge on any atom is 0.109 e. The van der Waals surface area contributed by atoms with Crippen molar-refractivity contribution in [1.82, 2.24) is 10.3 Å². The molecule has 90 valence electrons. The summed E-state index contributed by atoms with van der Waals surface area (Å²) in [6, 6.07) is 6.11. The second kappa shape index (κ2) is 5.96. The second-order valence-electron chi connectivity index (χ2n) is 3.71. The van der Waals surface area contributed by atoms with Crippen LogP contribution in [0.4, 0.5) is 0 Å². The lowest BCUT2D eigenvalue weighted by Gasteiger charge is -2.12. The highest BCUT2D eigenvalue weighted by molar-refractivity contribution is 9.10. The molecule has 2 nitrogen and oxygen atoms in total. The van der Waals surface area contributed by atoms with Gasteiger partial charge in [-0.25, -0.2) is 4.98 Å². The maximum absolute atomic E-state index is 6.13. The van der Waals surface area contributed by atoms with Gasteiger partial charge in [-0.3, -0.25) is 0 Å². The molecule has 5 heteroatoms. The first kappa shape index (κ1) is 13.0. The van der Waals surface area contributed by atoms with Gasteiger partial charge in [-0.15, -0.1) is 11.3 Å². The van der Waals surface area contributed by atoms with E-state index in [1.807, 2.05) is 29.8 Å². The molecule has 1 N–H and O–H groups in total. The largest absolute Gasteiger partial charge is 0.304 e.